The Kier molecular flexibility index (Phi) is 6.75. The Morgan fingerprint density at radius 2 is 1.74 bits per heavy atom. The second-order valence-electron chi connectivity index (χ2n) is 5.59. The fraction of sp³-hybridized carbons (Fsp3) is 0.368. The Labute approximate surface area is 143 Å². The fourth-order valence-corrected chi connectivity index (χ4v) is 2.25. The van der Waals surface area contributed by atoms with E-state index in [4.69, 9.17) is 21.1 Å². The van der Waals surface area contributed by atoms with Crippen LogP contribution in [0.1, 0.15) is 31.4 Å². The van der Waals surface area contributed by atoms with Crippen LogP contribution in [0.5, 0.6) is 11.5 Å². The first kappa shape index (κ1) is 17.6. The second kappa shape index (κ2) is 8.80. The summed E-state index contributed by atoms with van der Waals surface area (Å²) in [6.45, 7) is 5.66. The van der Waals surface area contributed by atoms with Gasteiger partial charge in [0, 0.05) is 17.6 Å². The minimum Gasteiger partial charge on any atom is -0.493 e. The molecule has 0 spiro atoms. The summed E-state index contributed by atoms with van der Waals surface area (Å²) in [5.74, 6) is 1.50. The number of nitrogens with one attached hydrogen (secondary N) is 1. The first-order valence-corrected chi connectivity index (χ1v) is 8.27. The zero-order chi connectivity index (χ0) is 16.7. The lowest BCUT2D eigenvalue weighted by atomic mass is 10.1. The summed E-state index contributed by atoms with van der Waals surface area (Å²) >= 11 is 5.89. The fourth-order valence-electron chi connectivity index (χ4n) is 2.12. The van der Waals surface area contributed by atoms with E-state index in [2.05, 4.69) is 25.2 Å². The average Bonchev–Trinajstić information content (AvgIpc) is 2.59. The topological polar surface area (TPSA) is 30.5 Å². The number of benzene rings is 2. The summed E-state index contributed by atoms with van der Waals surface area (Å²) in [5, 5.41) is 4.20. The molecule has 0 saturated carbocycles. The monoisotopic (exact) mass is 333 g/mol. The van der Waals surface area contributed by atoms with Gasteiger partial charge in [0.1, 0.15) is 6.61 Å². The summed E-state index contributed by atoms with van der Waals surface area (Å²) in [4.78, 5) is 0. The van der Waals surface area contributed by atoms with E-state index in [0.717, 1.165) is 35.1 Å². The number of ether oxygens (including phenoxy) is 2. The molecule has 0 amide bonds. The lowest BCUT2D eigenvalue weighted by Gasteiger charge is -2.14. The maximum atomic E-state index is 5.89. The highest BCUT2D eigenvalue weighted by Crippen LogP contribution is 2.29. The lowest BCUT2D eigenvalue weighted by Crippen LogP contribution is -2.24. The second-order valence-corrected chi connectivity index (χ2v) is 6.03. The molecule has 0 aromatic heterocycles. The molecule has 1 atom stereocenters. The van der Waals surface area contributed by atoms with Crippen LogP contribution >= 0.6 is 11.6 Å². The molecule has 2 aromatic rings. The van der Waals surface area contributed by atoms with Gasteiger partial charge in [0.05, 0.1) is 7.11 Å². The van der Waals surface area contributed by atoms with Gasteiger partial charge < -0.3 is 14.8 Å². The van der Waals surface area contributed by atoms with E-state index in [1.165, 1.54) is 5.56 Å². The van der Waals surface area contributed by atoms with Gasteiger partial charge in [-0.3, -0.25) is 0 Å². The molecule has 124 valence electrons. The van der Waals surface area contributed by atoms with Crippen LogP contribution < -0.4 is 14.8 Å². The molecule has 1 N–H and O–H groups in total. The van der Waals surface area contributed by atoms with Crippen molar-refractivity contribution < 1.29 is 9.47 Å². The molecule has 4 heteroatoms. The molecule has 0 radical (unpaired) electrons. The smallest absolute Gasteiger partial charge is 0.161 e. The van der Waals surface area contributed by atoms with Crippen molar-refractivity contribution in [1.82, 2.24) is 5.32 Å². The molecule has 0 saturated heterocycles. The third kappa shape index (κ3) is 5.45. The van der Waals surface area contributed by atoms with Gasteiger partial charge in [-0.2, -0.15) is 0 Å². The highest BCUT2D eigenvalue weighted by molar-refractivity contribution is 6.30. The van der Waals surface area contributed by atoms with Crippen molar-refractivity contribution in [2.45, 2.75) is 39.5 Å². The standard InChI is InChI=1S/C19H24ClNO2/c1-4-14(2)21-12-16-7-10-18(19(11-16)22-3)23-13-15-5-8-17(20)9-6-15/h5-11,14,21H,4,12-13H2,1-3H3/t14-/m0/s1. The maximum Gasteiger partial charge on any atom is 0.161 e. The minimum absolute atomic E-state index is 0.484. The van der Waals surface area contributed by atoms with Crippen molar-refractivity contribution in [2.75, 3.05) is 7.11 Å². The van der Waals surface area contributed by atoms with Crippen LogP contribution in [0.3, 0.4) is 0 Å². The SMILES string of the molecule is CC[C@H](C)NCc1ccc(OCc2ccc(Cl)cc2)c(OC)c1. The molecule has 0 unspecified atom stereocenters. The number of methoxy groups -OCH3 is 1. The van der Waals surface area contributed by atoms with Gasteiger partial charge >= 0.3 is 0 Å². The van der Waals surface area contributed by atoms with Crippen molar-refractivity contribution in [3.8, 4) is 11.5 Å². The molecule has 0 fully saturated rings. The predicted molar refractivity (Wildman–Crippen MR) is 95.4 cm³/mol. The number of rotatable bonds is 8. The van der Waals surface area contributed by atoms with Gasteiger partial charge in [0.15, 0.2) is 11.5 Å². The van der Waals surface area contributed by atoms with E-state index in [9.17, 15) is 0 Å². The molecule has 3 nitrogen and oxygen atoms in total. The molecular weight excluding hydrogens is 310 g/mol. The molecule has 0 aliphatic heterocycles. The number of halogens is 1. The summed E-state index contributed by atoms with van der Waals surface area (Å²) in [5.41, 5.74) is 2.25. The maximum absolute atomic E-state index is 5.89. The van der Waals surface area contributed by atoms with Crippen LogP contribution in [0.15, 0.2) is 42.5 Å². The Bertz CT molecular complexity index is 613. The Morgan fingerprint density at radius 1 is 1.04 bits per heavy atom. The Balaban J connectivity index is 1.99. The van der Waals surface area contributed by atoms with Crippen LogP contribution in [0, 0.1) is 0 Å². The van der Waals surface area contributed by atoms with Crippen molar-refractivity contribution >= 4 is 11.6 Å². The van der Waals surface area contributed by atoms with E-state index in [1.54, 1.807) is 7.11 Å². The Morgan fingerprint density at radius 3 is 2.39 bits per heavy atom. The largest absolute Gasteiger partial charge is 0.493 e. The summed E-state index contributed by atoms with van der Waals surface area (Å²) in [6, 6.07) is 14.2. The summed E-state index contributed by atoms with van der Waals surface area (Å²) < 4.78 is 11.3. The van der Waals surface area contributed by atoms with Crippen LogP contribution in [0.25, 0.3) is 0 Å². The Hall–Kier alpha value is -1.71. The summed E-state index contributed by atoms with van der Waals surface area (Å²) in [6.07, 6.45) is 1.11. The number of hydrogen-bond acceptors (Lipinski definition) is 3. The van der Waals surface area contributed by atoms with Crippen molar-refractivity contribution in [1.29, 1.82) is 0 Å². The molecule has 2 rings (SSSR count). The predicted octanol–water partition coefficient (Wildman–Crippen LogP) is 4.82. The van der Waals surface area contributed by atoms with Crippen molar-refractivity contribution in [2.24, 2.45) is 0 Å². The molecule has 2 aromatic carbocycles. The van der Waals surface area contributed by atoms with Gasteiger partial charge in [-0.05, 0) is 48.7 Å². The van der Waals surface area contributed by atoms with Crippen molar-refractivity contribution in [3.63, 3.8) is 0 Å². The van der Waals surface area contributed by atoms with Gasteiger partial charge in [-0.1, -0.05) is 36.7 Å². The molecule has 0 aliphatic rings. The van der Waals surface area contributed by atoms with E-state index in [0.29, 0.717) is 12.6 Å². The lowest BCUT2D eigenvalue weighted by molar-refractivity contribution is 0.284. The van der Waals surface area contributed by atoms with E-state index >= 15 is 0 Å². The minimum atomic E-state index is 0.484. The van der Waals surface area contributed by atoms with Gasteiger partial charge in [-0.25, -0.2) is 0 Å². The van der Waals surface area contributed by atoms with E-state index in [-0.39, 0.29) is 0 Å². The first-order valence-electron chi connectivity index (χ1n) is 7.90. The van der Waals surface area contributed by atoms with E-state index in [1.807, 2.05) is 36.4 Å². The molecule has 0 aliphatic carbocycles. The van der Waals surface area contributed by atoms with Crippen LogP contribution in [-0.2, 0) is 13.2 Å². The molecule has 23 heavy (non-hydrogen) atoms. The summed E-state index contributed by atoms with van der Waals surface area (Å²) in [7, 11) is 1.66. The first-order chi connectivity index (χ1) is 11.1. The normalized spacial score (nSPS) is 12.0. The van der Waals surface area contributed by atoms with Crippen LogP contribution in [0.2, 0.25) is 5.02 Å². The molecule has 0 bridgehead atoms. The highest BCUT2D eigenvalue weighted by atomic mass is 35.5. The zero-order valence-electron chi connectivity index (χ0n) is 13.9. The number of hydrogen-bond donors (Lipinski definition) is 1. The van der Waals surface area contributed by atoms with Crippen molar-refractivity contribution in [3.05, 3.63) is 58.6 Å². The quantitative estimate of drug-likeness (QED) is 0.751. The molecule has 0 heterocycles. The zero-order valence-corrected chi connectivity index (χ0v) is 14.7. The third-order valence-corrected chi connectivity index (χ3v) is 4.05. The highest BCUT2D eigenvalue weighted by Gasteiger charge is 2.07. The van der Waals surface area contributed by atoms with E-state index < -0.39 is 0 Å². The van der Waals surface area contributed by atoms with Crippen LogP contribution in [0.4, 0.5) is 0 Å². The molecular formula is C19H24ClNO2. The van der Waals surface area contributed by atoms with Gasteiger partial charge in [-0.15, -0.1) is 0 Å². The van der Waals surface area contributed by atoms with Crippen LogP contribution in [-0.4, -0.2) is 13.2 Å². The van der Waals surface area contributed by atoms with Gasteiger partial charge in [0.2, 0.25) is 0 Å². The third-order valence-electron chi connectivity index (χ3n) is 3.80. The average molecular weight is 334 g/mol. The van der Waals surface area contributed by atoms with Gasteiger partial charge in [0.25, 0.3) is 0 Å².